The summed E-state index contributed by atoms with van der Waals surface area (Å²) in [5.74, 6) is -0.682. The van der Waals surface area contributed by atoms with Crippen molar-refractivity contribution in [3.63, 3.8) is 0 Å². The van der Waals surface area contributed by atoms with Crippen LogP contribution >= 0.6 is 0 Å². The van der Waals surface area contributed by atoms with Crippen molar-refractivity contribution in [2.24, 2.45) is 11.7 Å². The summed E-state index contributed by atoms with van der Waals surface area (Å²) in [5.41, 5.74) is 5.12. The van der Waals surface area contributed by atoms with Crippen molar-refractivity contribution in [3.8, 4) is 0 Å². The normalized spacial score (nSPS) is 37.6. The fourth-order valence-corrected chi connectivity index (χ4v) is 3.62. The van der Waals surface area contributed by atoms with Gasteiger partial charge in [-0.05, 0) is 45.7 Å². The average Bonchev–Trinajstić information content (AvgIpc) is 2.71. The van der Waals surface area contributed by atoms with Crippen LogP contribution in [0.1, 0.15) is 32.6 Å². The van der Waals surface area contributed by atoms with Crippen LogP contribution in [0.5, 0.6) is 0 Å². The molecule has 5 heteroatoms. The Morgan fingerprint density at radius 2 is 2.21 bits per heavy atom. The summed E-state index contributed by atoms with van der Waals surface area (Å²) in [6.45, 7) is 6.50. The van der Waals surface area contributed by atoms with Crippen LogP contribution in [0.25, 0.3) is 0 Å². The molecular formula is C14H27N3O2. The number of carboxylic acid groups (broad SMARTS) is 1. The van der Waals surface area contributed by atoms with Crippen molar-refractivity contribution in [3.05, 3.63) is 0 Å². The fraction of sp³-hybridized carbons (Fsp3) is 0.929. The molecule has 0 bridgehead atoms. The summed E-state index contributed by atoms with van der Waals surface area (Å²) in [6.07, 6.45) is 3.46. The third-order valence-corrected chi connectivity index (χ3v) is 5.00. The monoisotopic (exact) mass is 269 g/mol. The average molecular weight is 269 g/mol. The van der Waals surface area contributed by atoms with Gasteiger partial charge in [0.1, 0.15) is 5.54 Å². The zero-order chi connectivity index (χ0) is 14.0. The molecule has 0 spiro atoms. The van der Waals surface area contributed by atoms with Gasteiger partial charge < -0.3 is 15.7 Å². The molecule has 1 aliphatic heterocycles. The van der Waals surface area contributed by atoms with Gasteiger partial charge in [-0.25, -0.2) is 0 Å². The molecule has 5 nitrogen and oxygen atoms in total. The van der Waals surface area contributed by atoms with Crippen LogP contribution in [0.15, 0.2) is 0 Å². The van der Waals surface area contributed by atoms with Crippen LogP contribution in [0.2, 0.25) is 0 Å². The van der Waals surface area contributed by atoms with Gasteiger partial charge in [-0.3, -0.25) is 9.69 Å². The van der Waals surface area contributed by atoms with Crippen LogP contribution in [-0.4, -0.2) is 65.7 Å². The second-order valence-corrected chi connectivity index (χ2v) is 6.37. The lowest BCUT2D eigenvalue weighted by Gasteiger charge is -2.39. The molecule has 0 aromatic heterocycles. The van der Waals surface area contributed by atoms with E-state index in [1.165, 1.54) is 0 Å². The number of carbonyl (C=O) groups is 1. The fourth-order valence-electron chi connectivity index (χ4n) is 3.62. The van der Waals surface area contributed by atoms with Crippen LogP contribution in [0.4, 0.5) is 0 Å². The maximum Gasteiger partial charge on any atom is 0.323 e. The number of hydrogen-bond donors (Lipinski definition) is 2. The Labute approximate surface area is 115 Å². The van der Waals surface area contributed by atoms with E-state index in [4.69, 9.17) is 5.73 Å². The minimum absolute atomic E-state index is 0.136. The first-order chi connectivity index (χ1) is 8.93. The first kappa shape index (κ1) is 14.8. The molecule has 1 aliphatic carbocycles. The first-order valence-corrected chi connectivity index (χ1v) is 7.38. The van der Waals surface area contributed by atoms with Crippen LogP contribution in [-0.2, 0) is 4.79 Å². The van der Waals surface area contributed by atoms with Gasteiger partial charge in [0.15, 0.2) is 0 Å². The molecule has 2 rings (SSSR count). The predicted octanol–water partition coefficient (Wildman–Crippen LogP) is 0.595. The highest BCUT2D eigenvalue weighted by Crippen LogP contribution is 2.36. The molecule has 3 atom stereocenters. The van der Waals surface area contributed by atoms with E-state index >= 15 is 0 Å². The summed E-state index contributed by atoms with van der Waals surface area (Å²) >= 11 is 0. The minimum atomic E-state index is -0.976. The molecule has 2 fully saturated rings. The van der Waals surface area contributed by atoms with Gasteiger partial charge in [-0.2, -0.15) is 0 Å². The van der Waals surface area contributed by atoms with Gasteiger partial charge in [-0.15, -0.1) is 0 Å². The third kappa shape index (κ3) is 3.09. The minimum Gasteiger partial charge on any atom is -0.480 e. The molecule has 110 valence electrons. The summed E-state index contributed by atoms with van der Waals surface area (Å²) in [4.78, 5) is 16.2. The molecule has 0 amide bonds. The van der Waals surface area contributed by atoms with E-state index in [0.29, 0.717) is 12.5 Å². The number of hydrogen-bond acceptors (Lipinski definition) is 4. The molecule has 3 N–H and O–H groups in total. The molecular weight excluding hydrogens is 242 g/mol. The molecule has 19 heavy (non-hydrogen) atoms. The number of likely N-dealkylation sites (N-methyl/N-ethyl adjacent to an activating group) is 1. The van der Waals surface area contributed by atoms with Gasteiger partial charge in [0, 0.05) is 25.7 Å². The van der Waals surface area contributed by atoms with E-state index in [1.807, 2.05) is 0 Å². The second-order valence-electron chi connectivity index (χ2n) is 6.37. The standard InChI is InChI=1S/C14H27N3O2/c1-11-10-16(2)8-9-17(11)7-5-12-4-3-6-14(12,15)13(18)19/h11-12H,3-10,15H2,1-2H3,(H,18,19). The van der Waals surface area contributed by atoms with E-state index in [9.17, 15) is 9.90 Å². The lowest BCUT2D eigenvalue weighted by Crippen LogP contribution is -2.53. The van der Waals surface area contributed by atoms with E-state index < -0.39 is 11.5 Å². The zero-order valence-corrected chi connectivity index (χ0v) is 12.1. The number of nitrogens with zero attached hydrogens (tertiary/aromatic N) is 2. The largest absolute Gasteiger partial charge is 0.480 e. The number of aliphatic carboxylic acids is 1. The van der Waals surface area contributed by atoms with E-state index in [-0.39, 0.29) is 5.92 Å². The molecule has 1 saturated heterocycles. The molecule has 0 radical (unpaired) electrons. The molecule has 2 aliphatic rings. The van der Waals surface area contributed by atoms with Gasteiger partial charge >= 0.3 is 5.97 Å². The van der Waals surface area contributed by atoms with Crippen LogP contribution in [0.3, 0.4) is 0 Å². The topological polar surface area (TPSA) is 69.8 Å². The van der Waals surface area contributed by atoms with E-state index in [1.54, 1.807) is 0 Å². The van der Waals surface area contributed by atoms with Crippen molar-refractivity contribution < 1.29 is 9.90 Å². The Kier molecular flexibility index (Phi) is 4.48. The van der Waals surface area contributed by atoms with Gasteiger partial charge in [0.25, 0.3) is 0 Å². The lowest BCUT2D eigenvalue weighted by atomic mass is 9.85. The third-order valence-electron chi connectivity index (χ3n) is 5.00. The molecule has 0 aromatic rings. The second kappa shape index (κ2) is 5.77. The molecule has 1 heterocycles. The highest BCUT2D eigenvalue weighted by atomic mass is 16.4. The molecule has 3 unspecified atom stereocenters. The Balaban J connectivity index is 1.87. The summed E-state index contributed by atoms with van der Waals surface area (Å²) in [5, 5.41) is 9.32. The Morgan fingerprint density at radius 1 is 1.47 bits per heavy atom. The summed E-state index contributed by atoms with van der Waals surface area (Å²) in [7, 11) is 2.15. The van der Waals surface area contributed by atoms with E-state index in [2.05, 4.69) is 23.8 Å². The van der Waals surface area contributed by atoms with Crippen molar-refractivity contribution >= 4 is 5.97 Å². The first-order valence-electron chi connectivity index (χ1n) is 7.38. The van der Waals surface area contributed by atoms with Crippen molar-refractivity contribution in [2.45, 2.75) is 44.2 Å². The smallest absolute Gasteiger partial charge is 0.323 e. The van der Waals surface area contributed by atoms with Crippen molar-refractivity contribution in [2.75, 3.05) is 33.2 Å². The quantitative estimate of drug-likeness (QED) is 0.782. The maximum atomic E-state index is 11.3. The Morgan fingerprint density at radius 3 is 2.84 bits per heavy atom. The number of rotatable bonds is 4. The van der Waals surface area contributed by atoms with Crippen LogP contribution in [0, 0.1) is 5.92 Å². The highest BCUT2D eigenvalue weighted by Gasteiger charge is 2.45. The zero-order valence-electron chi connectivity index (χ0n) is 12.1. The number of piperazine rings is 1. The van der Waals surface area contributed by atoms with Crippen molar-refractivity contribution in [1.29, 1.82) is 0 Å². The predicted molar refractivity (Wildman–Crippen MR) is 75.0 cm³/mol. The van der Waals surface area contributed by atoms with E-state index in [0.717, 1.165) is 45.4 Å². The van der Waals surface area contributed by atoms with Gasteiger partial charge in [0.2, 0.25) is 0 Å². The SMILES string of the molecule is CC1CN(C)CCN1CCC1CCCC1(N)C(=O)O. The molecule has 0 aromatic carbocycles. The maximum absolute atomic E-state index is 11.3. The van der Waals surface area contributed by atoms with Gasteiger partial charge in [0.05, 0.1) is 0 Å². The summed E-state index contributed by atoms with van der Waals surface area (Å²) < 4.78 is 0. The lowest BCUT2D eigenvalue weighted by molar-refractivity contribution is -0.144. The highest BCUT2D eigenvalue weighted by molar-refractivity contribution is 5.79. The number of nitrogens with two attached hydrogens (primary N) is 1. The molecule has 1 saturated carbocycles. The Bertz CT molecular complexity index is 337. The summed E-state index contributed by atoms with van der Waals surface area (Å²) in [6, 6.07) is 0.553. The van der Waals surface area contributed by atoms with Gasteiger partial charge in [-0.1, -0.05) is 6.42 Å². The van der Waals surface area contributed by atoms with Crippen molar-refractivity contribution in [1.82, 2.24) is 9.80 Å². The Hall–Kier alpha value is -0.650. The van der Waals surface area contributed by atoms with Crippen LogP contribution < -0.4 is 5.73 Å². The number of carboxylic acids is 1.